The van der Waals surface area contributed by atoms with Crippen LogP contribution < -0.4 is 26.2 Å². The summed E-state index contributed by atoms with van der Waals surface area (Å²) in [5.74, 6) is 2.20. The Morgan fingerprint density at radius 3 is 2.67 bits per heavy atom. The van der Waals surface area contributed by atoms with E-state index in [9.17, 15) is 0 Å². The van der Waals surface area contributed by atoms with Gasteiger partial charge in [-0.2, -0.15) is 4.99 Å². The zero-order valence-corrected chi connectivity index (χ0v) is 16.1. The Morgan fingerprint density at radius 1 is 1.10 bits per heavy atom. The quantitative estimate of drug-likeness (QED) is 0.595. The van der Waals surface area contributed by atoms with Crippen molar-refractivity contribution in [3.8, 4) is 5.75 Å². The molecule has 0 amide bonds. The second-order valence-corrected chi connectivity index (χ2v) is 6.63. The van der Waals surface area contributed by atoms with Crippen LogP contribution in [0.4, 0.5) is 17.3 Å². The number of hydrazine groups is 2. The van der Waals surface area contributed by atoms with Crippen molar-refractivity contribution in [2.75, 3.05) is 17.4 Å². The van der Waals surface area contributed by atoms with Crippen LogP contribution >= 0.6 is 0 Å². The number of nitrogens with one attached hydrogen (secondary N) is 2. The van der Waals surface area contributed by atoms with Crippen molar-refractivity contribution in [3.63, 3.8) is 0 Å². The Kier molecular flexibility index (Phi) is 4.51. The molecule has 0 bridgehead atoms. The first-order chi connectivity index (χ1) is 14.7. The van der Waals surface area contributed by atoms with E-state index in [1.807, 2.05) is 65.6 Å². The van der Waals surface area contributed by atoms with Gasteiger partial charge in [0.2, 0.25) is 11.6 Å². The van der Waals surface area contributed by atoms with Gasteiger partial charge in [0.25, 0.3) is 0 Å². The summed E-state index contributed by atoms with van der Waals surface area (Å²) in [5.41, 5.74) is 15.2. The first kappa shape index (κ1) is 18.1. The van der Waals surface area contributed by atoms with Gasteiger partial charge in [0, 0.05) is 11.0 Å². The molecule has 0 radical (unpaired) electrons. The van der Waals surface area contributed by atoms with Crippen molar-refractivity contribution in [3.05, 3.63) is 84.4 Å². The lowest BCUT2D eigenvalue weighted by molar-refractivity contribution is -0.0962. The molecule has 1 unspecified atom stereocenters. The van der Waals surface area contributed by atoms with Gasteiger partial charge in [-0.1, -0.05) is 18.2 Å². The number of nitrogens with two attached hydrogens (primary N) is 1. The van der Waals surface area contributed by atoms with Crippen LogP contribution in [0.15, 0.2) is 88.3 Å². The first-order valence-corrected chi connectivity index (χ1v) is 9.34. The van der Waals surface area contributed by atoms with Gasteiger partial charge >= 0.3 is 0 Å². The van der Waals surface area contributed by atoms with E-state index in [4.69, 9.17) is 19.7 Å². The minimum atomic E-state index is -0.500. The van der Waals surface area contributed by atoms with Crippen molar-refractivity contribution in [2.45, 2.75) is 6.17 Å². The van der Waals surface area contributed by atoms with Crippen molar-refractivity contribution in [2.24, 2.45) is 10.7 Å². The maximum Gasteiger partial charge on any atom is 0.227 e. The van der Waals surface area contributed by atoms with E-state index in [1.54, 1.807) is 19.6 Å². The first-order valence-electron chi connectivity index (χ1n) is 9.34. The molecule has 9 nitrogen and oxygen atoms in total. The van der Waals surface area contributed by atoms with E-state index < -0.39 is 6.17 Å². The van der Waals surface area contributed by atoms with Crippen LogP contribution in [0.5, 0.6) is 5.75 Å². The monoisotopic (exact) mass is 404 g/mol. The molecule has 1 aromatic heterocycles. The summed E-state index contributed by atoms with van der Waals surface area (Å²) >= 11 is 0. The highest BCUT2D eigenvalue weighted by atomic mass is 16.8. The molecule has 3 heterocycles. The lowest BCUT2D eigenvalue weighted by Gasteiger charge is -2.34. The van der Waals surface area contributed by atoms with E-state index in [0.717, 1.165) is 22.7 Å². The molecule has 4 N–H and O–H groups in total. The number of hydrogen-bond acceptors (Lipinski definition) is 9. The molecule has 1 atom stereocenters. The predicted octanol–water partition coefficient (Wildman–Crippen LogP) is 3.42. The summed E-state index contributed by atoms with van der Waals surface area (Å²) in [4.78, 5) is 12.5. The number of amidine groups is 1. The highest BCUT2D eigenvalue weighted by molar-refractivity contribution is 6.11. The summed E-state index contributed by atoms with van der Waals surface area (Å²) in [6, 6.07) is 19.1. The number of ether oxygens (including phenoxy) is 1. The van der Waals surface area contributed by atoms with Gasteiger partial charge in [0.1, 0.15) is 11.9 Å². The lowest BCUT2D eigenvalue weighted by Crippen LogP contribution is -2.43. The number of benzene rings is 2. The van der Waals surface area contributed by atoms with Gasteiger partial charge in [-0.05, 0) is 42.5 Å². The number of anilines is 2. The van der Waals surface area contributed by atoms with Gasteiger partial charge in [-0.3, -0.25) is 10.9 Å². The third kappa shape index (κ3) is 3.21. The fraction of sp³-hybridized carbons (Fsp3) is 0.0952. The second-order valence-electron chi connectivity index (χ2n) is 6.63. The third-order valence-corrected chi connectivity index (χ3v) is 4.78. The number of nitrogens with zero attached hydrogens (tertiary/aromatic N) is 3. The molecule has 0 saturated carbocycles. The minimum Gasteiger partial charge on any atom is -0.497 e. The summed E-state index contributed by atoms with van der Waals surface area (Å²) in [7, 11) is 1.63. The van der Waals surface area contributed by atoms with Gasteiger partial charge in [0.15, 0.2) is 5.84 Å². The van der Waals surface area contributed by atoms with E-state index in [2.05, 4.69) is 15.8 Å². The molecule has 2 aliphatic heterocycles. The molecule has 9 heteroatoms. The van der Waals surface area contributed by atoms with E-state index in [-0.39, 0.29) is 0 Å². The van der Waals surface area contributed by atoms with Crippen LogP contribution in [0, 0.1) is 0 Å². The highest BCUT2D eigenvalue weighted by Crippen LogP contribution is 2.38. The number of hydrogen-bond donors (Lipinski definition) is 3. The molecule has 5 rings (SSSR count). The number of aliphatic imine (C=N–C) groups is 1. The Hall–Kier alpha value is -3.95. The zero-order valence-electron chi connectivity index (χ0n) is 16.1. The molecule has 152 valence electrons. The topological polar surface area (TPSA) is 101 Å². The Balaban J connectivity index is 1.45. The standard InChI is InChI=1S/C21H20N6O3/c1-28-16-9-7-15(8-10-16)26-19(22)17-11-12-29-21(17)24-20(26)18-13-23-27(30-18)25-14-5-3-2-4-6-14/h2-13,19,23,25H,22H2,1H3. The largest absolute Gasteiger partial charge is 0.497 e. The van der Waals surface area contributed by atoms with E-state index in [0.29, 0.717) is 17.5 Å². The van der Waals surface area contributed by atoms with E-state index >= 15 is 0 Å². The van der Waals surface area contributed by atoms with Crippen LogP contribution in [-0.2, 0) is 4.84 Å². The average molecular weight is 404 g/mol. The maximum atomic E-state index is 6.58. The Labute approximate surface area is 172 Å². The lowest BCUT2D eigenvalue weighted by atomic mass is 10.1. The van der Waals surface area contributed by atoms with E-state index in [1.165, 1.54) is 5.28 Å². The summed E-state index contributed by atoms with van der Waals surface area (Å²) in [6.07, 6.45) is 2.78. The van der Waals surface area contributed by atoms with Crippen molar-refractivity contribution < 1.29 is 14.0 Å². The predicted molar refractivity (Wildman–Crippen MR) is 112 cm³/mol. The molecular weight excluding hydrogens is 384 g/mol. The smallest absolute Gasteiger partial charge is 0.227 e. The molecule has 30 heavy (non-hydrogen) atoms. The summed E-state index contributed by atoms with van der Waals surface area (Å²) < 4.78 is 10.8. The minimum absolute atomic E-state index is 0.459. The van der Waals surface area contributed by atoms with Gasteiger partial charge < -0.3 is 24.6 Å². The number of methoxy groups -OCH3 is 1. The molecular formula is C21H20N6O3. The van der Waals surface area contributed by atoms with Crippen molar-refractivity contribution in [1.29, 1.82) is 0 Å². The third-order valence-electron chi connectivity index (χ3n) is 4.78. The second kappa shape index (κ2) is 7.47. The van der Waals surface area contributed by atoms with Crippen molar-refractivity contribution in [1.82, 2.24) is 10.7 Å². The zero-order chi connectivity index (χ0) is 20.5. The van der Waals surface area contributed by atoms with Crippen LogP contribution in [0.2, 0.25) is 0 Å². The fourth-order valence-corrected chi connectivity index (χ4v) is 3.31. The van der Waals surface area contributed by atoms with Gasteiger partial charge in [0.05, 0.1) is 30.8 Å². The van der Waals surface area contributed by atoms with Crippen LogP contribution in [0.1, 0.15) is 11.7 Å². The molecule has 2 aromatic carbocycles. The van der Waals surface area contributed by atoms with Gasteiger partial charge in [-0.25, -0.2) is 0 Å². The van der Waals surface area contributed by atoms with Crippen LogP contribution in [0.25, 0.3) is 0 Å². The Bertz CT molecular complexity index is 1090. The average Bonchev–Trinajstić information content (AvgIpc) is 3.44. The molecule has 0 saturated heterocycles. The summed E-state index contributed by atoms with van der Waals surface area (Å²) in [5, 5.41) is 1.39. The normalized spacial score (nSPS) is 18.1. The number of fused-ring (bicyclic) bond motifs is 1. The highest BCUT2D eigenvalue weighted by Gasteiger charge is 2.35. The maximum absolute atomic E-state index is 6.58. The molecule has 2 aliphatic rings. The van der Waals surface area contributed by atoms with Gasteiger partial charge in [-0.15, -0.1) is 0 Å². The number of furan rings is 1. The molecule has 0 aliphatic carbocycles. The van der Waals surface area contributed by atoms with Crippen LogP contribution in [-0.4, -0.2) is 18.2 Å². The Morgan fingerprint density at radius 2 is 1.90 bits per heavy atom. The number of rotatable bonds is 5. The molecule has 0 fully saturated rings. The SMILES string of the molecule is COc1ccc(N2C(C3=CNN(Nc4ccccc4)O3)=Nc3occc3C2N)cc1. The van der Waals surface area contributed by atoms with Crippen LogP contribution in [0.3, 0.4) is 0 Å². The molecule has 3 aromatic rings. The fourth-order valence-electron chi connectivity index (χ4n) is 3.31. The summed E-state index contributed by atoms with van der Waals surface area (Å²) in [6.45, 7) is 0. The molecule has 0 spiro atoms. The number of para-hydroxylation sites is 1. The van der Waals surface area contributed by atoms with Crippen molar-refractivity contribution >= 4 is 23.1 Å².